The number of hydrogen-bond acceptors (Lipinski definition) is 2. The molecule has 6 aromatic rings. The molecule has 2 heteroatoms. The van der Waals surface area contributed by atoms with Crippen LogP contribution < -0.4 is 0 Å². The molecule has 0 aliphatic rings. The van der Waals surface area contributed by atoms with Gasteiger partial charge >= 0.3 is 0 Å². The quantitative estimate of drug-likeness (QED) is 0.260. The SMILES string of the molecule is Cc1nc(-c2ccccc2)c(-c2ccccc2)c2cc(C(C)C)ccc12.c1ccc2ncccc2c1. The van der Waals surface area contributed by atoms with Crippen LogP contribution in [-0.4, -0.2) is 9.97 Å². The molecule has 0 fully saturated rings. The van der Waals surface area contributed by atoms with Crippen molar-refractivity contribution in [2.45, 2.75) is 26.7 Å². The van der Waals surface area contributed by atoms with E-state index in [-0.39, 0.29) is 0 Å². The molecule has 0 bridgehead atoms. The van der Waals surface area contributed by atoms with Gasteiger partial charge in [0.05, 0.1) is 11.2 Å². The zero-order valence-electron chi connectivity index (χ0n) is 21.0. The minimum absolute atomic E-state index is 0.497. The summed E-state index contributed by atoms with van der Waals surface area (Å²) in [6, 6.07) is 40.0. The second-order valence-electron chi connectivity index (χ2n) is 9.31. The Balaban J connectivity index is 0.000000222. The predicted molar refractivity (Wildman–Crippen MR) is 153 cm³/mol. The second-order valence-corrected chi connectivity index (χ2v) is 9.31. The fourth-order valence-corrected chi connectivity index (χ4v) is 4.57. The van der Waals surface area contributed by atoms with E-state index in [1.165, 1.54) is 32.8 Å². The Bertz CT molecular complexity index is 1540. The number of pyridine rings is 2. The third-order valence-corrected chi connectivity index (χ3v) is 6.51. The van der Waals surface area contributed by atoms with E-state index in [0.717, 1.165) is 22.5 Å². The number of hydrogen-bond donors (Lipinski definition) is 0. The Morgan fingerprint density at radius 1 is 0.611 bits per heavy atom. The van der Waals surface area contributed by atoms with Gasteiger partial charge in [0, 0.05) is 33.8 Å². The van der Waals surface area contributed by atoms with Crippen LogP contribution in [0.1, 0.15) is 31.0 Å². The number of aromatic nitrogens is 2. The van der Waals surface area contributed by atoms with Gasteiger partial charge in [0.1, 0.15) is 0 Å². The van der Waals surface area contributed by atoms with Crippen molar-refractivity contribution in [1.82, 2.24) is 9.97 Å². The van der Waals surface area contributed by atoms with Crippen LogP contribution in [0.5, 0.6) is 0 Å². The third-order valence-electron chi connectivity index (χ3n) is 6.51. The summed E-state index contributed by atoms with van der Waals surface area (Å²) in [4.78, 5) is 9.20. The van der Waals surface area contributed by atoms with Crippen LogP contribution in [0.4, 0.5) is 0 Å². The highest BCUT2D eigenvalue weighted by atomic mass is 14.7. The Morgan fingerprint density at radius 2 is 1.25 bits per heavy atom. The molecule has 0 radical (unpaired) electrons. The first-order valence-electron chi connectivity index (χ1n) is 12.5. The van der Waals surface area contributed by atoms with Gasteiger partial charge in [-0.25, -0.2) is 0 Å². The summed E-state index contributed by atoms with van der Waals surface area (Å²) in [5.74, 6) is 0.497. The van der Waals surface area contributed by atoms with Crippen LogP contribution in [0, 0.1) is 6.92 Å². The average Bonchev–Trinajstić information content (AvgIpc) is 2.94. The van der Waals surface area contributed by atoms with E-state index in [0.29, 0.717) is 5.92 Å². The molecule has 2 heterocycles. The molecule has 0 atom stereocenters. The molecule has 6 rings (SSSR count). The lowest BCUT2D eigenvalue weighted by atomic mass is 9.90. The zero-order valence-corrected chi connectivity index (χ0v) is 21.0. The lowest BCUT2D eigenvalue weighted by Crippen LogP contribution is -1.97. The molecule has 0 N–H and O–H groups in total. The van der Waals surface area contributed by atoms with Gasteiger partial charge < -0.3 is 0 Å². The fourth-order valence-electron chi connectivity index (χ4n) is 4.57. The second kappa shape index (κ2) is 10.5. The molecule has 0 saturated heterocycles. The fraction of sp³-hybridized carbons (Fsp3) is 0.118. The number of benzene rings is 4. The van der Waals surface area contributed by atoms with Gasteiger partial charge in [0.25, 0.3) is 0 Å². The van der Waals surface area contributed by atoms with Crippen LogP contribution in [0.3, 0.4) is 0 Å². The van der Waals surface area contributed by atoms with Crippen molar-refractivity contribution in [3.63, 3.8) is 0 Å². The topological polar surface area (TPSA) is 25.8 Å². The van der Waals surface area contributed by atoms with Crippen LogP contribution in [0.15, 0.2) is 121 Å². The minimum Gasteiger partial charge on any atom is -0.256 e. The average molecular weight is 467 g/mol. The summed E-state index contributed by atoms with van der Waals surface area (Å²) < 4.78 is 0. The van der Waals surface area contributed by atoms with E-state index >= 15 is 0 Å². The van der Waals surface area contributed by atoms with E-state index in [2.05, 4.69) is 117 Å². The number of aryl methyl sites for hydroxylation is 1. The van der Waals surface area contributed by atoms with Crippen LogP contribution in [-0.2, 0) is 0 Å². The van der Waals surface area contributed by atoms with Crippen molar-refractivity contribution in [2.75, 3.05) is 0 Å². The monoisotopic (exact) mass is 466 g/mol. The first kappa shape index (κ1) is 23.4. The maximum absolute atomic E-state index is 5.02. The molecule has 0 aliphatic heterocycles. The molecule has 4 aromatic carbocycles. The lowest BCUT2D eigenvalue weighted by molar-refractivity contribution is 0.868. The number of rotatable bonds is 3. The Morgan fingerprint density at radius 3 is 1.94 bits per heavy atom. The van der Waals surface area contributed by atoms with Gasteiger partial charge in [0.2, 0.25) is 0 Å². The number of para-hydroxylation sites is 1. The maximum Gasteiger partial charge on any atom is 0.0789 e. The van der Waals surface area contributed by atoms with Crippen LogP contribution in [0.25, 0.3) is 44.1 Å². The largest absolute Gasteiger partial charge is 0.256 e. The van der Waals surface area contributed by atoms with Gasteiger partial charge in [-0.3, -0.25) is 9.97 Å². The van der Waals surface area contributed by atoms with Gasteiger partial charge in [-0.1, -0.05) is 117 Å². The predicted octanol–water partition coefficient (Wildman–Crippen LogP) is 9.24. The van der Waals surface area contributed by atoms with Crippen molar-refractivity contribution in [3.05, 3.63) is 133 Å². The molecule has 2 nitrogen and oxygen atoms in total. The number of nitrogens with zero attached hydrogens (tertiary/aromatic N) is 2. The van der Waals surface area contributed by atoms with Crippen molar-refractivity contribution in [2.24, 2.45) is 0 Å². The highest BCUT2D eigenvalue weighted by Gasteiger charge is 2.16. The van der Waals surface area contributed by atoms with Crippen LogP contribution in [0.2, 0.25) is 0 Å². The molecule has 0 unspecified atom stereocenters. The maximum atomic E-state index is 5.02. The lowest BCUT2D eigenvalue weighted by Gasteiger charge is -2.17. The van der Waals surface area contributed by atoms with E-state index < -0.39 is 0 Å². The Labute approximate surface area is 213 Å². The molecular weight excluding hydrogens is 436 g/mol. The molecule has 176 valence electrons. The molecule has 0 aliphatic carbocycles. The smallest absolute Gasteiger partial charge is 0.0789 e. The van der Waals surface area contributed by atoms with Gasteiger partial charge in [-0.15, -0.1) is 0 Å². The van der Waals surface area contributed by atoms with E-state index in [1.807, 2.05) is 30.5 Å². The standard InChI is InChI=1S/C25H23N.C9H7N/c1-17(2)21-14-15-22-18(3)26-25(20-12-8-5-9-13-20)24(23(22)16-21)19-10-6-4-7-11-19;1-2-6-9-8(4-1)5-3-7-10-9/h4-17H,1-3H3;1-7H. The van der Waals surface area contributed by atoms with Gasteiger partial charge in [0.15, 0.2) is 0 Å². The summed E-state index contributed by atoms with van der Waals surface area (Å²) >= 11 is 0. The van der Waals surface area contributed by atoms with Crippen molar-refractivity contribution >= 4 is 21.7 Å². The summed E-state index contributed by atoms with van der Waals surface area (Å²) in [5.41, 5.74) is 8.15. The van der Waals surface area contributed by atoms with Crippen molar-refractivity contribution in [3.8, 4) is 22.4 Å². The van der Waals surface area contributed by atoms with E-state index in [9.17, 15) is 0 Å². The Hall–Kier alpha value is -4.30. The van der Waals surface area contributed by atoms with E-state index in [4.69, 9.17) is 4.98 Å². The van der Waals surface area contributed by atoms with Crippen molar-refractivity contribution in [1.29, 1.82) is 0 Å². The summed E-state index contributed by atoms with van der Waals surface area (Å²) in [6.45, 7) is 6.60. The highest BCUT2D eigenvalue weighted by molar-refractivity contribution is 6.04. The molecule has 0 saturated carbocycles. The minimum atomic E-state index is 0.497. The van der Waals surface area contributed by atoms with Gasteiger partial charge in [-0.2, -0.15) is 0 Å². The summed E-state index contributed by atoms with van der Waals surface area (Å²) in [7, 11) is 0. The molecule has 0 amide bonds. The van der Waals surface area contributed by atoms with Crippen molar-refractivity contribution < 1.29 is 0 Å². The molecular formula is C34H30N2. The highest BCUT2D eigenvalue weighted by Crippen LogP contribution is 2.38. The first-order chi connectivity index (χ1) is 17.6. The first-order valence-corrected chi connectivity index (χ1v) is 12.5. The zero-order chi connectivity index (χ0) is 24.9. The van der Waals surface area contributed by atoms with Gasteiger partial charge in [-0.05, 0) is 41.5 Å². The number of fused-ring (bicyclic) bond motifs is 2. The Kier molecular flexibility index (Phi) is 6.86. The molecule has 36 heavy (non-hydrogen) atoms. The molecule has 0 spiro atoms. The van der Waals surface area contributed by atoms with E-state index in [1.54, 1.807) is 0 Å². The van der Waals surface area contributed by atoms with Crippen LogP contribution >= 0.6 is 0 Å². The normalized spacial score (nSPS) is 10.9. The third kappa shape index (κ3) is 4.89. The molecule has 2 aromatic heterocycles. The summed E-state index contributed by atoms with van der Waals surface area (Å²) in [5, 5.41) is 3.71. The summed E-state index contributed by atoms with van der Waals surface area (Å²) in [6.07, 6.45) is 1.81.